The molecule has 0 aromatic heterocycles. The van der Waals surface area contributed by atoms with Crippen LogP contribution in [0.1, 0.15) is 32.1 Å². The Balaban J connectivity index is 1.79. The summed E-state index contributed by atoms with van der Waals surface area (Å²) in [5.74, 6) is 2.74. The van der Waals surface area contributed by atoms with Gasteiger partial charge in [0.2, 0.25) is 0 Å². The van der Waals surface area contributed by atoms with Gasteiger partial charge in [-0.1, -0.05) is 12.8 Å². The Labute approximate surface area is 102 Å². The maximum Gasteiger partial charge on any atom is 0.146 e. The number of methoxy groups -OCH3 is 1. The number of rotatable bonds is 8. The fourth-order valence-corrected chi connectivity index (χ4v) is 4.50. The molecule has 1 rings (SSSR count). The van der Waals surface area contributed by atoms with Gasteiger partial charge in [0.25, 0.3) is 0 Å². The zero-order chi connectivity index (χ0) is 10.8. The molecule has 0 aromatic rings. The molecule has 1 heterocycles. The van der Waals surface area contributed by atoms with Crippen molar-refractivity contribution in [1.82, 2.24) is 0 Å². The van der Waals surface area contributed by atoms with Crippen LogP contribution in [0.4, 0.5) is 0 Å². The lowest BCUT2D eigenvalue weighted by molar-refractivity contribution is -0.0315. The molecule has 0 aromatic carbocycles. The van der Waals surface area contributed by atoms with E-state index in [1.54, 1.807) is 7.11 Å². The Morgan fingerprint density at radius 2 is 1.93 bits per heavy atom. The molecule has 0 unspecified atom stereocenters. The van der Waals surface area contributed by atoms with Crippen LogP contribution in [0.5, 0.6) is 0 Å². The highest BCUT2D eigenvalue weighted by Crippen LogP contribution is 2.33. The van der Waals surface area contributed by atoms with E-state index in [-0.39, 0.29) is 0 Å². The fourth-order valence-electron chi connectivity index (χ4n) is 1.54. The van der Waals surface area contributed by atoms with Crippen molar-refractivity contribution in [1.29, 1.82) is 0 Å². The molecule has 0 amide bonds. The largest absolute Gasteiger partial charge is 0.359 e. The first-order valence-electron chi connectivity index (χ1n) is 5.73. The summed E-state index contributed by atoms with van der Waals surface area (Å²) >= 11 is 4.29. The Bertz CT molecular complexity index is 139. The fraction of sp³-hybridized carbons (Fsp3) is 1.00. The molecule has 1 fully saturated rings. The summed E-state index contributed by atoms with van der Waals surface area (Å²) in [7, 11) is 1.66. The lowest BCUT2D eigenvalue weighted by Gasteiger charge is -2.20. The molecule has 2 nitrogen and oxygen atoms in total. The molecule has 0 aliphatic carbocycles. The molecule has 4 heteroatoms. The van der Waals surface area contributed by atoms with Gasteiger partial charge < -0.3 is 9.47 Å². The van der Waals surface area contributed by atoms with Gasteiger partial charge in [0.15, 0.2) is 0 Å². The summed E-state index contributed by atoms with van der Waals surface area (Å²) in [5, 5.41) is 0. The van der Waals surface area contributed by atoms with Gasteiger partial charge in [-0.05, 0) is 30.8 Å². The number of hydrogen-bond acceptors (Lipinski definition) is 4. The van der Waals surface area contributed by atoms with E-state index >= 15 is 0 Å². The van der Waals surface area contributed by atoms with E-state index in [1.807, 2.05) is 0 Å². The van der Waals surface area contributed by atoms with E-state index in [2.05, 4.69) is 23.5 Å². The molecule has 1 aliphatic heterocycles. The van der Waals surface area contributed by atoms with Crippen LogP contribution in [0.25, 0.3) is 0 Å². The second-order valence-corrected chi connectivity index (χ2v) is 6.61. The van der Waals surface area contributed by atoms with Crippen molar-refractivity contribution in [3.8, 4) is 0 Å². The monoisotopic (exact) mass is 250 g/mol. The molecular weight excluding hydrogens is 228 g/mol. The van der Waals surface area contributed by atoms with Crippen molar-refractivity contribution in [2.75, 3.05) is 32.0 Å². The van der Waals surface area contributed by atoms with Crippen LogP contribution >= 0.6 is 23.5 Å². The van der Waals surface area contributed by atoms with Crippen molar-refractivity contribution in [2.45, 2.75) is 36.7 Å². The summed E-state index contributed by atoms with van der Waals surface area (Å²) in [6, 6.07) is 0. The minimum Gasteiger partial charge on any atom is -0.359 e. The third kappa shape index (κ3) is 7.50. The first kappa shape index (κ1) is 13.7. The zero-order valence-corrected chi connectivity index (χ0v) is 11.2. The maximum absolute atomic E-state index is 5.24. The van der Waals surface area contributed by atoms with Crippen molar-refractivity contribution in [3.63, 3.8) is 0 Å². The maximum atomic E-state index is 5.24. The van der Waals surface area contributed by atoms with Gasteiger partial charge in [0, 0.05) is 13.7 Å². The third-order valence-electron chi connectivity index (χ3n) is 2.33. The van der Waals surface area contributed by atoms with E-state index in [1.165, 1.54) is 43.6 Å². The van der Waals surface area contributed by atoms with Gasteiger partial charge in [-0.25, -0.2) is 0 Å². The van der Waals surface area contributed by atoms with Gasteiger partial charge in [0.1, 0.15) is 6.79 Å². The van der Waals surface area contributed by atoms with E-state index in [9.17, 15) is 0 Å². The van der Waals surface area contributed by atoms with Gasteiger partial charge in [0.05, 0.1) is 4.58 Å². The average Bonchev–Trinajstić information content (AvgIpc) is 2.29. The Morgan fingerprint density at radius 1 is 1.13 bits per heavy atom. The summed E-state index contributed by atoms with van der Waals surface area (Å²) < 4.78 is 10.9. The molecule has 1 saturated heterocycles. The lowest BCUT2D eigenvalue weighted by atomic mass is 10.2. The van der Waals surface area contributed by atoms with Crippen LogP contribution in [0.2, 0.25) is 0 Å². The van der Waals surface area contributed by atoms with Gasteiger partial charge in [-0.2, -0.15) is 0 Å². The summed E-state index contributed by atoms with van der Waals surface area (Å²) in [6.45, 7) is 1.28. The molecule has 0 atom stereocenters. The first-order chi connectivity index (χ1) is 7.43. The van der Waals surface area contributed by atoms with E-state index < -0.39 is 0 Å². The number of ether oxygens (including phenoxy) is 2. The topological polar surface area (TPSA) is 18.5 Å². The van der Waals surface area contributed by atoms with Crippen LogP contribution in [-0.4, -0.2) is 36.6 Å². The van der Waals surface area contributed by atoms with Gasteiger partial charge >= 0.3 is 0 Å². The molecule has 0 radical (unpaired) electrons. The molecule has 0 bridgehead atoms. The van der Waals surface area contributed by atoms with Crippen molar-refractivity contribution in [3.05, 3.63) is 0 Å². The standard InChI is InChI=1S/C11H22O2S2/c1-12-10-13-7-4-2-3-6-11-14-8-5-9-15-11/h11H,2-10H2,1H3. The minimum absolute atomic E-state index is 0.439. The number of thioether (sulfide) groups is 2. The van der Waals surface area contributed by atoms with Crippen LogP contribution < -0.4 is 0 Å². The van der Waals surface area contributed by atoms with Gasteiger partial charge in [-0.15, -0.1) is 23.5 Å². The van der Waals surface area contributed by atoms with Crippen molar-refractivity contribution in [2.24, 2.45) is 0 Å². The van der Waals surface area contributed by atoms with Crippen molar-refractivity contribution < 1.29 is 9.47 Å². The Morgan fingerprint density at radius 3 is 2.67 bits per heavy atom. The predicted molar refractivity (Wildman–Crippen MR) is 69.6 cm³/mol. The summed E-state index contributed by atoms with van der Waals surface area (Å²) in [6.07, 6.45) is 6.59. The van der Waals surface area contributed by atoms with E-state index in [4.69, 9.17) is 9.47 Å². The molecule has 90 valence electrons. The molecule has 0 saturated carbocycles. The van der Waals surface area contributed by atoms with E-state index in [0.29, 0.717) is 6.79 Å². The molecular formula is C11H22O2S2. The number of hydrogen-bond donors (Lipinski definition) is 0. The quantitative estimate of drug-likeness (QED) is 0.485. The predicted octanol–water partition coefficient (Wildman–Crippen LogP) is 3.36. The normalized spacial score (nSPS) is 18.2. The highest BCUT2D eigenvalue weighted by Gasteiger charge is 2.13. The second kappa shape index (κ2) is 9.82. The third-order valence-corrected chi connectivity index (χ3v) is 5.41. The van der Waals surface area contributed by atoms with Gasteiger partial charge in [-0.3, -0.25) is 0 Å². The SMILES string of the molecule is COCOCCCCCC1SCCCS1. The number of unbranched alkanes of at least 4 members (excludes halogenated alkanes) is 2. The van der Waals surface area contributed by atoms with E-state index in [0.717, 1.165) is 11.2 Å². The molecule has 0 N–H and O–H groups in total. The van der Waals surface area contributed by atoms with Crippen LogP contribution in [0, 0.1) is 0 Å². The lowest BCUT2D eigenvalue weighted by Crippen LogP contribution is -2.06. The summed E-state index contributed by atoms with van der Waals surface area (Å²) in [4.78, 5) is 0. The highest BCUT2D eigenvalue weighted by molar-refractivity contribution is 8.17. The van der Waals surface area contributed by atoms with Crippen LogP contribution in [0.15, 0.2) is 0 Å². The van der Waals surface area contributed by atoms with Crippen molar-refractivity contribution >= 4 is 23.5 Å². The zero-order valence-electron chi connectivity index (χ0n) is 9.57. The smallest absolute Gasteiger partial charge is 0.146 e. The average molecular weight is 250 g/mol. The van der Waals surface area contributed by atoms with Crippen LogP contribution in [-0.2, 0) is 9.47 Å². The minimum atomic E-state index is 0.439. The molecule has 1 aliphatic rings. The molecule has 15 heavy (non-hydrogen) atoms. The Hall–Kier alpha value is 0.620. The molecule has 0 spiro atoms. The highest BCUT2D eigenvalue weighted by atomic mass is 32.2. The summed E-state index contributed by atoms with van der Waals surface area (Å²) in [5.41, 5.74) is 0. The van der Waals surface area contributed by atoms with Crippen LogP contribution in [0.3, 0.4) is 0 Å². The first-order valence-corrected chi connectivity index (χ1v) is 7.83. The second-order valence-electron chi connectivity index (χ2n) is 3.69. The Kier molecular flexibility index (Phi) is 8.96.